The zero-order valence-electron chi connectivity index (χ0n) is 16.3. The van der Waals surface area contributed by atoms with Gasteiger partial charge in [0.15, 0.2) is 0 Å². The smallest absolute Gasteiger partial charge is 0.253 e. The Labute approximate surface area is 165 Å². The topological polar surface area (TPSA) is 52.7 Å². The van der Waals surface area contributed by atoms with Crippen LogP contribution in [0.4, 0.5) is 0 Å². The van der Waals surface area contributed by atoms with E-state index in [0.29, 0.717) is 0 Å². The van der Waals surface area contributed by atoms with Crippen LogP contribution in [-0.2, 0) is 0 Å². The predicted octanol–water partition coefficient (Wildman–Crippen LogP) is 3.05. The van der Waals surface area contributed by atoms with Crippen LogP contribution in [0.2, 0.25) is 0 Å². The maximum absolute atomic E-state index is 12.6. The third kappa shape index (κ3) is 3.58. The Kier molecular flexibility index (Phi) is 5.01. The van der Waals surface area contributed by atoms with Gasteiger partial charge in [-0.2, -0.15) is 0 Å². The molecule has 0 bridgehead atoms. The van der Waals surface area contributed by atoms with Crippen LogP contribution in [0.3, 0.4) is 0 Å². The Morgan fingerprint density at radius 2 is 1.75 bits per heavy atom. The molecule has 0 aromatic heterocycles. The summed E-state index contributed by atoms with van der Waals surface area (Å²) in [4.78, 5) is 29.0. The van der Waals surface area contributed by atoms with E-state index in [-0.39, 0.29) is 17.9 Å². The highest BCUT2D eigenvalue weighted by atomic mass is 16.2. The zero-order chi connectivity index (χ0) is 19.7. The fourth-order valence-electron chi connectivity index (χ4n) is 3.81. The van der Waals surface area contributed by atoms with Gasteiger partial charge in [0.1, 0.15) is 0 Å². The van der Waals surface area contributed by atoms with Gasteiger partial charge in [0.05, 0.1) is 11.6 Å². The summed E-state index contributed by atoms with van der Waals surface area (Å²) in [7, 11) is 2.08. The molecule has 4 rings (SSSR count). The molecule has 1 N–H and O–H groups in total. The first-order chi connectivity index (χ1) is 13.5. The minimum Gasteiger partial charge on any atom is -0.345 e. The second-order valence-electron chi connectivity index (χ2n) is 7.56. The number of hydrogen-bond acceptors (Lipinski definition) is 3. The van der Waals surface area contributed by atoms with Crippen LogP contribution in [0, 0.1) is 0 Å². The first kappa shape index (κ1) is 18.4. The van der Waals surface area contributed by atoms with E-state index in [1.807, 2.05) is 66.4 Å². The van der Waals surface area contributed by atoms with Crippen LogP contribution in [0.5, 0.6) is 0 Å². The Bertz CT molecular complexity index is 925. The number of carbonyl (C=O) groups excluding carboxylic acids is 2. The summed E-state index contributed by atoms with van der Waals surface area (Å²) in [5.74, 6) is 0.0750. The number of hydrogen-bond donors (Lipinski definition) is 1. The molecule has 2 aromatic carbocycles. The molecule has 2 amide bonds. The molecule has 0 radical (unpaired) electrons. The molecule has 1 saturated heterocycles. The van der Waals surface area contributed by atoms with Gasteiger partial charge in [0.25, 0.3) is 11.8 Å². The van der Waals surface area contributed by atoms with Gasteiger partial charge in [-0.25, -0.2) is 0 Å². The molecule has 1 atom stereocenters. The van der Waals surface area contributed by atoms with Crippen molar-refractivity contribution in [1.82, 2.24) is 15.1 Å². The van der Waals surface area contributed by atoms with Gasteiger partial charge in [0, 0.05) is 31.7 Å². The van der Waals surface area contributed by atoms with Crippen molar-refractivity contribution in [3.05, 3.63) is 70.3 Å². The Balaban J connectivity index is 1.49. The van der Waals surface area contributed by atoms with Crippen LogP contribution in [-0.4, -0.2) is 54.8 Å². The van der Waals surface area contributed by atoms with E-state index in [9.17, 15) is 9.59 Å². The summed E-state index contributed by atoms with van der Waals surface area (Å²) >= 11 is 0. The number of rotatable bonds is 3. The molecule has 0 aliphatic carbocycles. The van der Waals surface area contributed by atoms with E-state index in [1.165, 1.54) is 0 Å². The van der Waals surface area contributed by atoms with E-state index in [1.54, 1.807) is 0 Å². The van der Waals surface area contributed by atoms with E-state index >= 15 is 0 Å². The second kappa shape index (κ2) is 7.60. The molecule has 28 heavy (non-hydrogen) atoms. The summed E-state index contributed by atoms with van der Waals surface area (Å²) in [6, 6.07) is 13.6. The van der Waals surface area contributed by atoms with Crippen molar-refractivity contribution < 1.29 is 9.59 Å². The maximum Gasteiger partial charge on any atom is 0.253 e. The minimum atomic E-state index is -0.0177. The first-order valence-electron chi connectivity index (χ1n) is 9.72. The molecule has 1 fully saturated rings. The minimum absolute atomic E-state index is 0.0177. The van der Waals surface area contributed by atoms with Gasteiger partial charge in [0.2, 0.25) is 0 Å². The summed E-state index contributed by atoms with van der Waals surface area (Å²) in [5.41, 5.74) is 4.43. The summed E-state index contributed by atoms with van der Waals surface area (Å²) in [5, 5.41) is 2.96. The molecule has 144 valence electrons. The molecule has 5 heteroatoms. The van der Waals surface area contributed by atoms with Crippen molar-refractivity contribution in [2.24, 2.45) is 0 Å². The Morgan fingerprint density at radius 3 is 2.46 bits per heavy atom. The van der Waals surface area contributed by atoms with Crippen LogP contribution < -0.4 is 5.32 Å². The van der Waals surface area contributed by atoms with Crippen molar-refractivity contribution >= 4 is 24.0 Å². The summed E-state index contributed by atoms with van der Waals surface area (Å²) in [6.45, 7) is 5.38. The van der Waals surface area contributed by atoms with Crippen LogP contribution in [0.1, 0.15) is 50.4 Å². The van der Waals surface area contributed by atoms with E-state index < -0.39 is 0 Å². The van der Waals surface area contributed by atoms with Gasteiger partial charge in [-0.3, -0.25) is 9.59 Å². The summed E-state index contributed by atoms with van der Waals surface area (Å²) in [6.07, 6.45) is 3.95. The SMILES string of the molecule is CC1NC(=O)c2c(/C=C/c3ccc(C(=O)N4CCN(C)CC4)cc3)cccc21. The lowest BCUT2D eigenvalue weighted by atomic mass is 9.99. The number of nitrogens with one attached hydrogen (secondary N) is 1. The zero-order valence-corrected chi connectivity index (χ0v) is 16.3. The number of fused-ring (bicyclic) bond motifs is 1. The fraction of sp³-hybridized carbons (Fsp3) is 0.304. The van der Waals surface area contributed by atoms with E-state index in [0.717, 1.165) is 54.0 Å². The molecule has 0 saturated carbocycles. The molecule has 1 unspecified atom stereocenters. The molecular weight excluding hydrogens is 350 g/mol. The van der Waals surface area contributed by atoms with Crippen LogP contribution in [0.25, 0.3) is 12.2 Å². The van der Waals surface area contributed by atoms with Crippen molar-refractivity contribution in [2.75, 3.05) is 33.2 Å². The highest BCUT2D eigenvalue weighted by molar-refractivity contribution is 6.03. The lowest BCUT2D eigenvalue weighted by molar-refractivity contribution is 0.0664. The summed E-state index contributed by atoms with van der Waals surface area (Å²) < 4.78 is 0. The molecule has 5 nitrogen and oxygen atoms in total. The number of amides is 2. The molecule has 2 aromatic rings. The largest absolute Gasteiger partial charge is 0.345 e. The number of carbonyl (C=O) groups is 2. The van der Waals surface area contributed by atoms with Crippen LogP contribution >= 0.6 is 0 Å². The van der Waals surface area contributed by atoms with Crippen LogP contribution in [0.15, 0.2) is 42.5 Å². The van der Waals surface area contributed by atoms with Crippen molar-refractivity contribution in [3.63, 3.8) is 0 Å². The Morgan fingerprint density at radius 1 is 1.04 bits per heavy atom. The lowest BCUT2D eigenvalue weighted by Crippen LogP contribution is -2.47. The molecule has 2 aliphatic heterocycles. The first-order valence-corrected chi connectivity index (χ1v) is 9.72. The fourth-order valence-corrected chi connectivity index (χ4v) is 3.81. The standard InChI is InChI=1S/C23H25N3O2/c1-16-20-5-3-4-18(21(20)22(27)24-16)9-6-17-7-10-19(11-8-17)23(28)26-14-12-25(2)13-15-26/h3-11,16H,12-15H2,1-2H3,(H,24,27)/b9-6+. The number of benzene rings is 2. The third-order valence-electron chi connectivity index (χ3n) is 5.57. The Hall–Kier alpha value is -2.92. The van der Waals surface area contributed by atoms with Crippen molar-refractivity contribution in [1.29, 1.82) is 0 Å². The van der Waals surface area contributed by atoms with Gasteiger partial charge in [-0.1, -0.05) is 42.5 Å². The van der Waals surface area contributed by atoms with Gasteiger partial charge in [-0.05, 0) is 42.8 Å². The quantitative estimate of drug-likeness (QED) is 0.839. The van der Waals surface area contributed by atoms with E-state index in [2.05, 4.69) is 17.3 Å². The second-order valence-corrected chi connectivity index (χ2v) is 7.56. The van der Waals surface area contributed by atoms with Crippen molar-refractivity contribution in [3.8, 4) is 0 Å². The monoisotopic (exact) mass is 375 g/mol. The normalized spacial score (nSPS) is 19.7. The molecular formula is C23H25N3O2. The lowest BCUT2D eigenvalue weighted by Gasteiger charge is -2.32. The van der Waals surface area contributed by atoms with Gasteiger partial charge in [-0.15, -0.1) is 0 Å². The molecule has 0 spiro atoms. The van der Waals surface area contributed by atoms with E-state index in [4.69, 9.17) is 0 Å². The van der Waals surface area contributed by atoms with Gasteiger partial charge >= 0.3 is 0 Å². The molecule has 2 aliphatic rings. The average molecular weight is 375 g/mol. The average Bonchev–Trinajstić information content (AvgIpc) is 3.01. The highest BCUT2D eigenvalue weighted by Gasteiger charge is 2.26. The maximum atomic E-state index is 12.6. The molecule has 2 heterocycles. The number of nitrogens with zero attached hydrogens (tertiary/aromatic N) is 2. The van der Waals surface area contributed by atoms with Gasteiger partial charge < -0.3 is 15.1 Å². The number of likely N-dealkylation sites (N-methyl/N-ethyl adjacent to an activating group) is 1. The van der Waals surface area contributed by atoms with Crippen molar-refractivity contribution in [2.45, 2.75) is 13.0 Å². The predicted molar refractivity (Wildman–Crippen MR) is 111 cm³/mol. The number of piperazine rings is 1. The third-order valence-corrected chi connectivity index (χ3v) is 5.57. The highest BCUT2D eigenvalue weighted by Crippen LogP contribution is 2.28.